The molecule has 24 heavy (non-hydrogen) atoms. The molecule has 6 heteroatoms. The van der Waals surface area contributed by atoms with Crippen molar-refractivity contribution in [2.75, 3.05) is 18.5 Å². The fourth-order valence-electron chi connectivity index (χ4n) is 2.68. The Morgan fingerprint density at radius 3 is 2.67 bits per heavy atom. The van der Waals surface area contributed by atoms with Gasteiger partial charge in [-0.3, -0.25) is 4.79 Å². The molecule has 0 radical (unpaired) electrons. The Labute approximate surface area is 140 Å². The number of hydrogen-bond acceptors (Lipinski definition) is 4. The number of amides is 2. The lowest BCUT2D eigenvalue weighted by atomic mass is 10.1. The largest absolute Gasteiger partial charge is 0.448 e. The monoisotopic (exact) mass is 325 g/mol. The van der Waals surface area contributed by atoms with Crippen molar-refractivity contribution in [2.24, 2.45) is 5.73 Å². The van der Waals surface area contributed by atoms with E-state index in [9.17, 15) is 9.59 Å². The molecule has 1 fully saturated rings. The van der Waals surface area contributed by atoms with Gasteiger partial charge in [-0.05, 0) is 23.3 Å². The van der Waals surface area contributed by atoms with Crippen molar-refractivity contribution >= 4 is 17.7 Å². The zero-order valence-corrected chi connectivity index (χ0v) is 13.1. The van der Waals surface area contributed by atoms with Gasteiger partial charge >= 0.3 is 6.09 Å². The Hall–Kier alpha value is -3.02. The Balaban J connectivity index is 1.75. The SMILES string of the molecule is NC(=O)[C@H](Nc1cccc(CN2CCOC2=O)c1)c1ccccc1. The number of benzene rings is 2. The molecule has 2 amide bonds. The summed E-state index contributed by atoms with van der Waals surface area (Å²) in [5, 5.41) is 3.16. The van der Waals surface area contributed by atoms with Gasteiger partial charge in [0.15, 0.2) is 0 Å². The van der Waals surface area contributed by atoms with E-state index in [0.29, 0.717) is 19.7 Å². The molecule has 1 heterocycles. The van der Waals surface area contributed by atoms with Gasteiger partial charge in [0, 0.05) is 12.2 Å². The molecule has 2 aromatic carbocycles. The van der Waals surface area contributed by atoms with E-state index in [1.165, 1.54) is 0 Å². The molecule has 124 valence electrons. The predicted octanol–water partition coefficient (Wildman–Crippen LogP) is 2.28. The molecule has 0 spiro atoms. The molecule has 0 unspecified atom stereocenters. The minimum atomic E-state index is -0.613. The Bertz CT molecular complexity index is 733. The highest BCUT2D eigenvalue weighted by Crippen LogP contribution is 2.21. The van der Waals surface area contributed by atoms with Crippen molar-refractivity contribution in [3.63, 3.8) is 0 Å². The van der Waals surface area contributed by atoms with Crippen LogP contribution in [0.3, 0.4) is 0 Å². The fourth-order valence-corrected chi connectivity index (χ4v) is 2.68. The highest BCUT2D eigenvalue weighted by atomic mass is 16.6. The van der Waals surface area contributed by atoms with Crippen LogP contribution >= 0.6 is 0 Å². The number of rotatable bonds is 6. The van der Waals surface area contributed by atoms with E-state index in [0.717, 1.165) is 16.8 Å². The Kier molecular flexibility index (Phi) is 4.65. The number of nitrogens with zero attached hydrogens (tertiary/aromatic N) is 1. The van der Waals surface area contributed by atoms with E-state index in [1.54, 1.807) is 4.90 Å². The molecule has 0 aromatic heterocycles. The first kappa shape index (κ1) is 15.9. The predicted molar refractivity (Wildman–Crippen MR) is 90.2 cm³/mol. The molecular formula is C18H19N3O3. The number of carbonyl (C=O) groups is 2. The van der Waals surface area contributed by atoms with Crippen LogP contribution in [0.15, 0.2) is 54.6 Å². The highest BCUT2D eigenvalue weighted by Gasteiger charge is 2.22. The van der Waals surface area contributed by atoms with Gasteiger partial charge in [-0.2, -0.15) is 0 Å². The lowest BCUT2D eigenvalue weighted by Gasteiger charge is -2.18. The summed E-state index contributed by atoms with van der Waals surface area (Å²) < 4.78 is 4.93. The van der Waals surface area contributed by atoms with Crippen LogP contribution < -0.4 is 11.1 Å². The smallest absolute Gasteiger partial charge is 0.410 e. The number of hydrogen-bond donors (Lipinski definition) is 2. The zero-order valence-electron chi connectivity index (χ0n) is 13.1. The average Bonchev–Trinajstić information content (AvgIpc) is 2.98. The first-order chi connectivity index (χ1) is 11.6. The van der Waals surface area contributed by atoms with Crippen molar-refractivity contribution in [3.05, 3.63) is 65.7 Å². The lowest BCUT2D eigenvalue weighted by Crippen LogP contribution is -2.27. The molecule has 0 bridgehead atoms. The van der Waals surface area contributed by atoms with E-state index in [2.05, 4.69) is 5.32 Å². The van der Waals surface area contributed by atoms with Crippen molar-refractivity contribution in [2.45, 2.75) is 12.6 Å². The van der Waals surface area contributed by atoms with Crippen molar-refractivity contribution in [3.8, 4) is 0 Å². The standard InChI is InChI=1S/C18H19N3O3/c19-17(22)16(14-6-2-1-3-7-14)20-15-8-4-5-13(11-15)12-21-9-10-24-18(21)23/h1-8,11,16,20H,9-10,12H2,(H2,19,22)/t16-/m1/s1. The van der Waals surface area contributed by atoms with Crippen LogP contribution in [0.25, 0.3) is 0 Å². The summed E-state index contributed by atoms with van der Waals surface area (Å²) in [6.45, 7) is 1.49. The Morgan fingerprint density at radius 2 is 2.00 bits per heavy atom. The van der Waals surface area contributed by atoms with Crippen LogP contribution in [0, 0.1) is 0 Å². The lowest BCUT2D eigenvalue weighted by molar-refractivity contribution is -0.118. The number of nitrogens with two attached hydrogens (primary N) is 1. The molecule has 1 aliphatic heterocycles. The topological polar surface area (TPSA) is 84.7 Å². The second-order valence-electron chi connectivity index (χ2n) is 5.63. The summed E-state index contributed by atoms with van der Waals surface area (Å²) in [7, 11) is 0. The van der Waals surface area contributed by atoms with Crippen LogP contribution in [0.2, 0.25) is 0 Å². The van der Waals surface area contributed by atoms with Crippen LogP contribution in [-0.4, -0.2) is 30.1 Å². The maximum Gasteiger partial charge on any atom is 0.410 e. The molecule has 1 saturated heterocycles. The maximum atomic E-state index is 11.8. The normalized spacial score (nSPS) is 15.0. The minimum absolute atomic E-state index is 0.298. The number of cyclic esters (lactones) is 1. The average molecular weight is 325 g/mol. The quantitative estimate of drug-likeness (QED) is 0.853. The van der Waals surface area contributed by atoms with Crippen LogP contribution in [0.5, 0.6) is 0 Å². The maximum absolute atomic E-state index is 11.8. The minimum Gasteiger partial charge on any atom is -0.448 e. The molecule has 1 aliphatic rings. The zero-order chi connectivity index (χ0) is 16.9. The molecule has 1 atom stereocenters. The van der Waals surface area contributed by atoms with Gasteiger partial charge < -0.3 is 20.7 Å². The fraction of sp³-hybridized carbons (Fsp3) is 0.222. The third-order valence-electron chi connectivity index (χ3n) is 3.87. The second kappa shape index (κ2) is 7.04. The van der Waals surface area contributed by atoms with Gasteiger partial charge in [-0.15, -0.1) is 0 Å². The van der Waals surface area contributed by atoms with Gasteiger partial charge in [-0.25, -0.2) is 4.79 Å². The summed E-state index contributed by atoms with van der Waals surface area (Å²) in [5.74, 6) is -0.449. The summed E-state index contributed by atoms with van der Waals surface area (Å²) >= 11 is 0. The van der Waals surface area contributed by atoms with E-state index in [4.69, 9.17) is 10.5 Å². The number of ether oxygens (including phenoxy) is 1. The van der Waals surface area contributed by atoms with Crippen molar-refractivity contribution in [1.29, 1.82) is 0 Å². The van der Waals surface area contributed by atoms with Crippen molar-refractivity contribution < 1.29 is 14.3 Å². The third-order valence-corrected chi connectivity index (χ3v) is 3.87. The van der Waals surface area contributed by atoms with Crippen LogP contribution in [-0.2, 0) is 16.1 Å². The molecule has 2 aromatic rings. The number of carbonyl (C=O) groups excluding carboxylic acids is 2. The second-order valence-corrected chi connectivity index (χ2v) is 5.63. The molecule has 6 nitrogen and oxygen atoms in total. The summed E-state index contributed by atoms with van der Waals surface area (Å²) in [6, 6.07) is 16.3. The third kappa shape index (κ3) is 3.65. The van der Waals surface area contributed by atoms with Gasteiger partial charge in [0.25, 0.3) is 0 Å². The van der Waals surface area contributed by atoms with E-state index < -0.39 is 11.9 Å². The van der Waals surface area contributed by atoms with Crippen LogP contribution in [0.1, 0.15) is 17.2 Å². The summed E-state index contributed by atoms with van der Waals surface area (Å²) in [6.07, 6.45) is -0.298. The number of anilines is 1. The number of nitrogens with one attached hydrogen (secondary N) is 1. The van der Waals surface area contributed by atoms with Gasteiger partial charge in [0.1, 0.15) is 12.6 Å². The van der Waals surface area contributed by atoms with Crippen molar-refractivity contribution in [1.82, 2.24) is 4.90 Å². The van der Waals surface area contributed by atoms with E-state index >= 15 is 0 Å². The highest BCUT2D eigenvalue weighted by molar-refractivity contribution is 5.84. The van der Waals surface area contributed by atoms with Gasteiger partial charge in [0.05, 0.1) is 6.54 Å². The molecular weight excluding hydrogens is 306 g/mol. The van der Waals surface area contributed by atoms with E-state index in [1.807, 2.05) is 54.6 Å². The van der Waals surface area contributed by atoms with E-state index in [-0.39, 0.29) is 6.09 Å². The summed E-state index contributed by atoms with van der Waals surface area (Å²) in [5.41, 5.74) is 8.06. The molecule has 0 saturated carbocycles. The molecule has 3 rings (SSSR count). The Morgan fingerprint density at radius 1 is 1.21 bits per heavy atom. The molecule has 0 aliphatic carbocycles. The molecule has 3 N–H and O–H groups in total. The first-order valence-electron chi connectivity index (χ1n) is 7.75. The van der Waals surface area contributed by atoms with Gasteiger partial charge in [-0.1, -0.05) is 42.5 Å². The number of primary amides is 1. The summed E-state index contributed by atoms with van der Waals surface area (Å²) in [4.78, 5) is 25.0. The van der Waals surface area contributed by atoms with Crippen LogP contribution in [0.4, 0.5) is 10.5 Å². The first-order valence-corrected chi connectivity index (χ1v) is 7.75. The van der Waals surface area contributed by atoms with Gasteiger partial charge in [0.2, 0.25) is 5.91 Å².